The van der Waals surface area contributed by atoms with Gasteiger partial charge in [0.05, 0.1) is 40.0 Å². The quantitative estimate of drug-likeness (QED) is 0.150. The van der Waals surface area contributed by atoms with E-state index in [1.165, 1.54) is 54.6 Å². The van der Waals surface area contributed by atoms with E-state index in [0.29, 0.717) is 0 Å². The van der Waals surface area contributed by atoms with Gasteiger partial charge in [-0.15, -0.1) is 0 Å². The van der Waals surface area contributed by atoms with Gasteiger partial charge in [0.15, 0.2) is 11.4 Å². The molecule has 2 N–H and O–H groups in total. The lowest BCUT2D eigenvalue weighted by Crippen LogP contribution is -2.29. The van der Waals surface area contributed by atoms with Crippen molar-refractivity contribution >= 4 is 66.8 Å². The first kappa shape index (κ1) is 34.6. The molecule has 2 aromatic carbocycles. The Hall–Kier alpha value is -5.30. The molecule has 1 unspecified atom stereocenters. The lowest BCUT2D eigenvalue weighted by atomic mass is 10.0. The maximum absolute atomic E-state index is 13.2. The van der Waals surface area contributed by atoms with Crippen molar-refractivity contribution < 1.29 is 54.6 Å². The van der Waals surface area contributed by atoms with Crippen LogP contribution in [0.3, 0.4) is 0 Å². The van der Waals surface area contributed by atoms with E-state index < -0.39 is 59.7 Å². The molecule has 2 aliphatic rings. The first-order valence-electron chi connectivity index (χ1n) is 13.6. The van der Waals surface area contributed by atoms with Crippen molar-refractivity contribution in [3.8, 4) is 0 Å². The molecule has 0 saturated heterocycles. The highest BCUT2D eigenvalue weighted by atomic mass is 32.2. The molecule has 0 saturated carbocycles. The van der Waals surface area contributed by atoms with Gasteiger partial charge in [0.2, 0.25) is 0 Å². The molecule has 0 radical (unpaired) electrons. The van der Waals surface area contributed by atoms with E-state index in [9.17, 15) is 45.1 Å². The third-order valence-corrected chi connectivity index (χ3v) is 8.09. The van der Waals surface area contributed by atoms with Crippen molar-refractivity contribution in [3.05, 3.63) is 84.5 Å². The number of hydrazone groups is 2. The van der Waals surface area contributed by atoms with Crippen LogP contribution in [-0.4, -0.2) is 74.3 Å². The van der Waals surface area contributed by atoms with Crippen molar-refractivity contribution in [2.45, 2.75) is 23.6 Å². The molecule has 0 spiro atoms. The summed E-state index contributed by atoms with van der Waals surface area (Å²) in [5.41, 5.74) is -0.542. The summed E-state index contributed by atoms with van der Waals surface area (Å²) in [6.07, 6.45) is 6.72. The molecule has 0 bridgehead atoms. The molecule has 2 heterocycles. The molecule has 18 heteroatoms. The molecule has 0 aliphatic carbocycles. The maximum atomic E-state index is 13.2. The Bertz CT molecular complexity index is 1980. The SMILES string of the molecule is CCOC(=O)C1=NN(c2ccc(S(=O)(=O)O)cc2)C(=O)C1=CC=CC=CC1C(=O)N(c2ccc(S(=O)(=O)O)cc2)N=C1C(=O)OCC. The van der Waals surface area contributed by atoms with Crippen LogP contribution in [0.15, 0.2) is 104 Å². The number of hydrogen-bond donors (Lipinski definition) is 2. The molecule has 2 aliphatic heterocycles. The Balaban J connectivity index is 1.58. The Morgan fingerprint density at radius 2 is 1.28 bits per heavy atom. The van der Waals surface area contributed by atoms with Crippen LogP contribution >= 0.6 is 0 Å². The monoisotopic (exact) mass is 686 g/mol. The lowest BCUT2D eigenvalue weighted by molar-refractivity contribution is -0.136. The zero-order valence-corrected chi connectivity index (χ0v) is 26.2. The van der Waals surface area contributed by atoms with Gasteiger partial charge in [0, 0.05) is 0 Å². The summed E-state index contributed by atoms with van der Waals surface area (Å²) >= 11 is 0. The van der Waals surface area contributed by atoms with Gasteiger partial charge in [-0.2, -0.15) is 37.1 Å². The van der Waals surface area contributed by atoms with Crippen molar-refractivity contribution in [1.82, 2.24) is 0 Å². The first-order valence-corrected chi connectivity index (χ1v) is 16.5. The molecule has 0 fully saturated rings. The topological polar surface area (TPSA) is 227 Å². The van der Waals surface area contributed by atoms with Crippen molar-refractivity contribution in [3.63, 3.8) is 0 Å². The number of rotatable bonds is 11. The Labute approximate surface area is 268 Å². The molecule has 4 rings (SSSR count). The van der Waals surface area contributed by atoms with E-state index in [1.54, 1.807) is 13.8 Å². The van der Waals surface area contributed by atoms with E-state index in [4.69, 9.17) is 9.47 Å². The van der Waals surface area contributed by atoms with Gasteiger partial charge in [-0.3, -0.25) is 18.7 Å². The highest BCUT2D eigenvalue weighted by Gasteiger charge is 2.40. The van der Waals surface area contributed by atoms with Crippen molar-refractivity contribution in [1.29, 1.82) is 0 Å². The minimum absolute atomic E-state index is 0.000906. The third-order valence-electron chi connectivity index (χ3n) is 6.36. The zero-order valence-electron chi connectivity index (χ0n) is 24.6. The second kappa shape index (κ2) is 14.0. The summed E-state index contributed by atoms with van der Waals surface area (Å²) in [6, 6.07) is 9.09. The molecular weight excluding hydrogens is 660 g/mol. The summed E-state index contributed by atoms with van der Waals surface area (Å²) in [6.45, 7) is 3.11. The number of carbonyl (C=O) groups excluding carboxylic acids is 4. The van der Waals surface area contributed by atoms with Crippen LogP contribution in [0.1, 0.15) is 13.8 Å². The molecule has 0 aromatic heterocycles. The Morgan fingerprint density at radius 3 is 1.79 bits per heavy atom. The summed E-state index contributed by atoms with van der Waals surface area (Å²) in [5, 5.41) is 9.84. The molecule has 2 aromatic rings. The molecular formula is C29H26N4O12S2. The average molecular weight is 687 g/mol. The number of benzene rings is 2. The Kier molecular flexibility index (Phi) is 10.3. The average Bonchev–Trinajstić information content (AvgIpc) is 3.52. The van der Waals surface area contributed by atoms with Gasteiger partial charge < -0.3 is 9.47 Å². The molecule has 47 heavy (non-hydrogen) atoms. The number of hydrogen-bond acceptors (Lipinski definition) is 12. The Morgan fingerprint density at radius 1 is 0.766 bits per heavy atom. The fourth-order valence-electron chi connectivity index (χ4n) is 4.20. The zero-order chi connectivity index (χ0) is 34.5. The minimum atomic E-state index is -4.49. The first-order chi connectivity index (χ1) is 22.2. The number of anilines is 2. The molecule has 2 amide bonds. The van der Waals surface area contributed by atoms with Gasteiger partial charge in [-0.1, -0.05) is 24.3 Å². The smallest absolute Gasteiger partial charge is 0.359 e. The van der Waals surface area contributed by atoms with Crippen LogP contribution in [-0.2, 0) is 48.9 Å². The van der Waals surface area contributed by atoms with E-state index in [1.807, 2.05) is 0 Å². The van der Waals surface area contributed by atoms with Crippen LogP contribution in [0.25, 0.3) is 0 Å². The van der Waals surface area contributed by atoms with E-state index >= 15 is 0 Å². The van der Waals surface area contributed by atoms with Crippen LogP contribution in [0.4, 0.5) is 11.4 Å². The van der Waals surface area contributed by atoms with E-state index in [0.717, 1.165) is 34.3 Å². The van der Waals surface area contributed by atoms with Gasteiger partial charge >= 0.3 is 11.9 Å². The van der Waals surface area contributed by atoms with Crippen LogP contribution < -0.4 is 10.0 Å². The second-order valence-electron chi connectivity index (χ2n) is 9.41. The van der Waals surface area contributed by atoms with Gasteiger partial charge in [-0.25, -0.2) is 9.59 Å². The summed E-state index contributed by atoms with van der Waals surface area (Å²) in [4.78, 5) is 50.8. The van der Waals surface area contributed by atoms with Crippen LogP contribution in [0.2, 0.25) is 0 Å². The molecule has 246 valence electrons. The van der Waals surface area contributed by atoms with Crippen LogP contribution in [0, 0.1) is 5.92 Å². The van der Waals surface area contributed by atoms with Crippen molar-refractivity contribution in [2.24, 2.45) is 16.1 Å². The van der Waals surface area contributed by atoms with Crippen molar-refractivity contribution in [2.75, 3.05) is 23.2 Å². The van der Waals surface area contributed by atoms with Gasteiger partial charge in [-0.05, 0) is 68.5 Å². The predicted octanol–water partition coefficient (Wildman–Crippen LogP) is 2.07. The highest BCUT2D eigenvalue weighted by molar-refractivity contribution is 7.86. The summed E-state index contributed by atoms with van der Waals surface area (Å²) in [5.74, 6) is -4.40. The minimum Gasteiger partial charge on any atom is -0.461 e. The largest absolute Gasteiger partial charge is 0.461 e. The number of allylic oxidation sites excluding steroid dienone is 4. The number of carbonyl (C=O) groups is 4. The fourth-order valence-corrected chi connectivity index (χ4v) is 5.16. The molecule has 16 nitrogen and oxygen atoms in total. The van der Waals surface area contributed by atoms with Gasteiger partial charge in [0.25, 0.3) is 32.1 Å². The number of ether oxygens (including phenoxy) is 2. The number of esters is 2. The summed E-state index contributed by atoms with van der Waals surface area (Å²) < 4.78 is 73.9. The van der Waals surface area contributed by atoms with Crippen LogP contribution in [0.5, 0.6) is 0 Å². The number of nitrogens with zero attached hydrogens (tertiary/aromatic N) is 4. The fraction of sp³-hybridized carbons (Fsp3) is 0.172. The molecule has 1 atom stereocenters. The third kappa shape index (κ3) is 7.75. The highest BCUT2D eigenvalue weighted by Crippen LogP contribution is 2.28. The standard InChI is InChI=1S/C29H26N4O12S2/c1-3-44-28(36)24-22(26(34)32(30-24)18-10-14-20(15-11-18)46(38,39)40)8-6-5-7-9-23-25(29(37)45-4-2)31-33(27(23)35)19-12-16-21(17-13-19)47(41,42)43/h5-17,22H,3-4H2,1-2H3,(H,38,39,40)(H,41,42,43). The lowest BCUT2D eigenvalue weighted by Gasteiger charge is -2.13. The van der Waals surface area contributed by atoms with E-state index in [2.05, 4.69) is 10.2 Å². The number of amides is 2. The normalized spacial score (nSPS) is 18.0. The maximum Gasteiger partial charge on any atom is 0.359 e. The van der Waals surface area contributed by atoms with Gasteiger partial charge in [0.1, 0.15) is 5.92 Å². The second-order valence-corrected chi connectivity index (χ2v) is 12.3. The van der Waals surface area contributed by atoms with E-state index in [-0.39, 0.29) is 41.6 Å². The predicted molar refractivity (Wildman–Crippen MR) is 165 cm³/mol. The summed E-state index contributed by atoms with van der Waals surface area (Å²) in [7, 11) is -8.97.